The fourth-order valence-corrected chi connectivity index (χ4v) is 3.77. The largest absolute Gasteiger partial charge is 0.397 e. The van der Waals surface area contributed by atoms with E-state index in [2.05, 4.69) is 15.1 Å². The summed E-state index contributed by atoms with van der Waals surface area (Å²) in [4.78, 5) is 11.9. The van der Waals surface area contributed by atoms with Crippen LogP contribution in [-0.2, 0) is 9.57 Å². The summed E-state index contributed by atoms with van der Waals surface area (Å²) in [6, 6.07) is 8.31. The third-order valence-electron chi connectivity index (χ3n) is 5.23. The molecule has 0 radical (unpaired) electrons. The zero-order chi connectivity index (χ0) is 20.8. The SMILES string of the molecule is CO/N=c1\nc[nH]c2c1ccn2C1O[C@H]([C@H](O)c2ccc(Cl)cc2)[C@@](C)(O)[C@H]1O. The first-order valence-corrected chi connectivity index (χ1v) is 9.33. The molecule has 1 unspecified atom stereocenters. The first-order chi connectivity index (χ1) is 13.8. The lowest BCUT2D eigenvalue weighted by Gasteiger charge is -2.29. The number of aromatic nitrogens is 3. The second-order valence-corrected chi connectivity index (χ2v) is 7.54. The number of fused-ring (bicyclic) bond motifs is 1. The van der Waals surface area contributed by atoms with Crippen LogP contribution in [0, 0.1) is 0 Å². The molecular weight excluding hydrogens is 400 g/mol. The van der Waals surface area contributed by atoms with Crippen LogP contribution in [0.4, 0.5) is 0 Å². The van der Waals surface area contributed by atoms with Crippen molar-refractivity contribution in [1.29, 1.82) is 0 Å². The Balaban J connectivity index is 1.72. The van der Waals surface area contributed by atoms with Crippen LogP contribution in [0.3, 0.4) is 0 Å². The van der Waals surface area contributed by atoms with Gasteiger partial charge in [0.2, 0.25) is 5.49 Å². The highest BCUT2D eigenvalue weighted by molar-refractivity contribution is 6.30. The molecule has 4 N–H and O–H groups in total. The van der Waals surface area contributed by atoms with Gasteiger partial charge in [0, 0.05) is 11.2 Å². The van der Waals surface area contributed by atoms with Gasteiger partial charge >= 0.3 is 0 Å². The number of hydrogen-bond acceptors (Lipinski definition) is 7. The molecule has 4 rings (SSSR count). The second kappa shape index (κ2) is 7.43. The lowest BCUT2D eigenvalue weighted by Crippen LogP contribution is -2.47. The van der Waals surface area contributed by atoms with Crippen LogP contribution in [0.25, 0.3) is 11.0 Å². The molecule has 1 aliphatic heterocycles. The molecule has 5 atom stereocenters. The summed E-state index contributed by atoms with van der Waals surface area (Å²) in [5.41, 5.74) is -0.274. The third-order valence-corrected chi connectivity index (χ3v) is 5.48. The Labute approximate surface area is 170 Å². The number of aromatic amines is 1. The van der Waals surface area contributed by atoms with E-state index in [1.165, 1.54) is 20.4 Å². The van der Waals surface area contributed by atoms with Gasteiger partial charge in [-0.25, -0.2) is 4.98 Å². The second-order valence-electron chi connectivity index (χ2n) is 7.10. The number of rotatable bonds is 4. The van der Waals surface area contributed by atoms with Crippen molar-refractivity contribution in [2.45, 2.75) is 37.1 Å². The van der Waals surface area contributed by atoms with Crippen molar-refractivity contribution in [3.05, 3.63) is 58.9 Å². The number of nitrogens with one attached hydrogen (secondary N) is 1. The van der Waals surface area contributed by atoms with Gasteiger partial charge in [-0.05, 0) is 30.7 Å². The van der Waals surface area contributed by atoms with E-state index in [0.717, 1.165) is 0 Å². The van der Waals surface area contributed by atoms with E-state index >= 15 is 0 Å². The summed E-state index contributed by atoms with van der Waals surface area (Å²) in [5, 5.41) is 37.6. The van der Waals surface area contributed by atoms with Crippen LogP contribution in [0.5, 0.6) is 0 Å². The molecule has 0 saturated carbocycles. The van der Waals surface area contributed by atoms with Gasteiger partial charge < -0.3 is 34.4 Å². The van der Waals surface area contributed by atoms with Crippen LogP contribution in [0.1, 0.15) is 24.8 Å². The summed E-state index contributed by atoms with van der Waals surface area (Å²) in [7, 11) is 1.42. The third kappa shape index (κ3) is 3.30. The molecule has 29 heavy (non-hydrogen) atoms. The minimum Gasteiger partial charge on any atom is -0.397 e. The first kappa shape index (κ1) is 19.9. The lowest BCUT2D eigenvalue weighted by atomic mass is 9.88. The number of benzene rings is 1. The zero-order valence-electron chi connectivity index (χ0n) is 15.7. The zero-order valence-corrected chi connectivity index (χ0v) is 16.5. The van der Waals surface area contributed by atoms with Gasteiger partial charge in [-0.3, -0.25) is 0 Å². The average molecular weight is 421 g/mol. The number of ether oxygens (including phenoxy) is 1. The maximum atomic E-state index is 11.0. The fraction of sp³-hybridized carbons (Fsp3) is 0.368. The number of halogens is 1. The molecule has 0 bridgehead atoms. The standard InChI is InChI=1S/C19H21ClN4O5/c1-19(27)14(26)18(29-15(19)13(25)10-3-5-11(20)6-4-10)24-8-7-12-16(23-28-2)21-9-22-17(12)24/h3-9,13-15,18,25-27H,1-2H3,(H,21,22,23)/t13-,14+,15-,18?,19+/m1/s1. The van der Waals surface area contributed by atoms with Gasteiger partial charge in [-0.2, -0.15) is 0 Å². The van der Waals surface area contributed by atoms with E-state index < -0.39 is 30.1 Å². The molecule has 2 aromatic heterocycles. The highest BCUT2D eigenvalue weighted by Crippen LogP contribution is 2.43. The molecule has 0 aliphatic carbocycles. The summed E-state index contributed by atoms with van der Waals surface area (Å²) in [5.74, 6) is 0. The van der Waals surface area contributed by atoms with E-state index in [1.807, 2.05) is 0 Å². The minimum absolute atomic E-state index is 0.358. The van der Waals surface area contributed by atoms with E-state index in [4.69, 9.17) is 21.2 Å². The molecule has 154 valence electrons. The lowest BCUT2D eigenvalue weighted by molar-refractivity contribution is -0.115. The van der Waals surface area contributed by atoms with Crippen molar-refractivity contribution < 1.29 is 24.9 Å². The van der Waals surface area contributed by atoms with Crippen molar-refractivity contribution >= 4 is 22.6 Å². The van der Waals surface area contributed by atoms with E-state index in [0.29, 0.717) is 27.1 Å². The summed E-state index contributed by atoms with van der Waals surface area (Å²) in [6.07, 6.45) is -1.40. The monoisotopic (exact) mass is 420 g/mol. The average Bonchev–Trinajstić information content (AvgIpc) is 3.22. The van der Waals surface area contributed by atoms with Crippen molar-refractivity contribution in [2.75, 3.05) is 7.11 Å². The molecule has 1 fully saturated rings. The van der Waals surface area contributed by atoms with Crippen LogP contribution >= 0.6 is 11.6 Å². The topological polar surface area (TPSA) is 125 Å². The van der Waals surface area contributed by atoms with Gasteiger partial charge in [0.1, 0.15) is 36.7 Å². The van der Waals surface area contributed by atoms with Gasteiger partial charge in [0.15, 0.2) is 6.23 Å². The molecule has 3 heterocycles. The van der Waals surface area contributed by atoms with Gasteiger partial charge in [-0.1, -0.05) is 28.9 Å². The molecule has 0 spiro atoms. The maximum Gasteiger partial charge on any atom is 0.203 e. The summed E-state index contributed by atoms with van der Waals surface area (Å²) < 4.78 is 7.59. The molecule has 1 aliphatic rings. The Bertz CT molecular complexity index is 1080. The number of aliphatic hydroxyl groups is 3. The van der Waals surface area contributed by atoms with Gasteiger partial charge in [0.05, 0.1) is 11.7 Å². The number of aliphatic hydroxyl groups excluding tert-OH is 2. The predicted molar refractivity (Wildman–Crippen MR) is 104 cm³/mol. The Kier molecular flexibility index (Phi) is 5.09. The summed E-state index contributed by atoms with van der Waals surface area (Å²) in [6.45, 7) is 1.43. The molecule has 1 aromatic carbocycles. The highest BCUT2D eigenvalue weighted by atomic mass is 35.5. The van der Waals surface area contributed by atoms with Crippen molar-refractivity contribution in [1.82, 2.24) is 14.5 Å². The number of nitrogens with zero attached hydrogens (tertiary/aromatic N) is 3. The van der Waals surface area contributed by atoms with E-state index in [-0.39, 0.29) is 0 Å². The van der Waals surface area contributed by atoms with E-state index in [9.17, 15) is 15.3 Å². The molecule has 10 heteroatoms. The normalized spacial score (nSPS) is 28.8. The highest BCUT2D eigenvalue weighted by Gasteiger charge is 2.55. The minimum atomic E-state index is -1.72. The van der Waals surface area contributed by atoms with Crippen molar-refractivity contribution in [3.63, 3.8) is 0 Å². The van der Waals surface area contributed by atoms with E-state index in [1.54, 1.807) is 41.1 Å². The number of H-pyrrole nitrogens is 1. The predicted octanol–water partition coefficient (Wildman–Crippen LogP) is 1.22. The van der Waals surface area contributed by atoms with Crippen molar-refractivity contribution in [2.24, 2.45) is 5.16 Å². The van der Waals surface area contributed by atoms with Crippen LogP contribution in [0.2, 0.25) is 5.02 Å². The fourth-order valence-electron chi connectivity index (χ4n) is 3.64. The maximum absolute atomic E-state index is 11.0. The Hall–Kier alpha value is -2.43. The molecular formula is C19H21ClN4O5. The Morgan fingerprint density at radius 1 is 1.34 bits per heavy atom. The molecule has 9 nitrogen and oxygen atoms in total. The van der Waals surface area contributed by atoms with Crippen molar-refractivity contribution in [3.8, 4) is 0 Å². The molecule has 1 saturated heterocycles. The Morgan fingerprint density at radius 2 is 2.07 bits per heavy atom. The quantitative estimate of drug-likeness (QED) is 0.470. The van der Waals surface area contributed by atoms with Gasteiger partial charge in [0.25, 0.3) is 0 Å². The Morgan fingerprint density at radius 3 is 2.76 bits per heavy atom. The first-order valence-electron chi connectivity index (χ1n) is 8.95. The van der Waals surface area contributed by atoms with Gasteiger partial charge in [-0.15, -0.1) is 0 Å². The van der Waals surface area contributed by atoms with Crippen LogP contribution in [0.15, 0.2) is 48.0 Å². The van der Waals surface area contributed by atoms with Crippen LogP contribution in [-0.4, -0.2) is 54.8 Å². The van der Waals surface area contributed by atoms with Crippen LogP contribution < -0.4 is 5.49 Å². The summed E-state index contributed by atoms with van der Waals surface area (Å²) >= 11 is 5.91. The molecule has 3 aromatic rings. The number of hydrogen-bond donors (Lipinski definition) is 4. The molecule has 0 amide bonds. The smallest absolute Gasteiger partial charge is 0.203 e.